The molecule has 3 N–H and O–H groups in total. The van der Waals surface area contributed by atoms with Crippen LogP contribution in [0.3, 0.4) is 0 Å². The molecule has 1 fully saturated rings. The lowest BCUT2D eigenvalue weighted by molar-refractivity contribution is -0.114. The average Bonchev–Trinajstić information content (AvgIpc) is 3.53. The second-order valence-corrected chi connectivity index (χ2v) is 12.4. The summed E-state index contributed by atoms with van der Waals surface area (Å²) in [6.45, 7) is 6.99. The van der Waals surface area contributed by atoms with E-state index in [1.165, 1.54) is 4.90 Å². The third-order valence-electron chi connectivity index (χ3n) is 9.06. The van der Waals surface area contributed by atoms with Gasteiger partial charge in [-0.25, -0.2) is 0 Å². The van der Waals surface area contributed by atoms with Crippen LogP contribution in [0.15, 0.2) is 58.7 Å². The number of ether oxygens (including phenoxy) is 1. The van der Waals surface area contributed by atoms with Gasteiger partial charge in [-0.1, -0.05) is 23.8 Å². The molecule has 236 valence electrons. The molecule has 10 nitrogen and oxygen atoms in total. The molecule has 0 unspecified atom stereocenters. The first-order valence-corrected chi connectivity index (χ1v) is 15.7. The highest BCUT2D eigenvalue weighted by Crippen LogP contribution is 2.37. The molecule has 6 rings (SSSR count). The lowest BCUT2D eigenvalue weighted by atomic mass is 9.94. The number of nitrogens with one attached hydrogen (secondary N) is 1. The maximum Gasteiger partial charge on any atom is 0.261 e. The number of nitrogens with zero attached hydrogens (tertiary/aromatic N) is 3. The number of carbonyl (C=O) groups excluding carboxylic acids is 3. The maximum atomic E-state index is 13.4. The molecule has 45 heavy (non-hydrogen) atoms. The Kier molecular flexibility index (Phi) is 8.98. The number of anilines is 1. The number of hydrogen-bond donors (Lipinski definition) is 3. The van der Waals surface area contributed by atoms with E-state index in [-0.39, 0.29) is 49.7 Å². The zero-order valence-corrected chi connectivity index (χ0v) is 25.8. The van der Waals surface area contributed by atoms with Crippen molar-refractivity contribution in [1.29, 1.82) is 0 Å². The molecule has 0 radical (unpaired) electrons. The van der Waals surface area contributed by atoms with E-state index >= 15 is 0 Å². The zero-order valence-electron chi connectivity index (χ0n) is 25.8. The highest BCUT2D eigenvalue weighted by Gasteiger charge is 2.39. The van der Waals surface area contributed by atoms with Crippen LogP contribution in [0, 0.1) is 19.8 Å². The zero-order chi connectivity index (χ0) is 31.7. The predicted octanol–water partition coefficient (Wildman–Crippen LogP) is 3.24. The average molecular weight is 613 g/mol. The van der Waals surface area contributed by atoms with Crippen LogP contribution in [0.25, 0.3) is 0 Å². The van der Waals surface area contributed by atoms with Crippen molar-refractivity contribution >= 4 is 29.0 Å². The SMILES string of the molecule is Cc1ccc(OC[C@H](O)CN=C2C=CCC(=O)C2=C2Cc3cc4c(cc3N2)C(=O)N(CC2CCN(CCO)CC2)C4=O)c(C)c1. The van der Waals surface area contributed by atoms with Crippen LogP contribution in [-0.4, -0.2) is 95.4 Å². The van der Waals surface area contributed by atoms with Crippen LogP contribution in [0.5, 0.6) is 5.75 Å². The second-order valence-electron chi connectivity index (χ2n) is 12.4. The molecule has 0 bridgehead atoms. The molecule has 0 spiro atoms. The summed E-state index contributed by atoms with van der Waals surface area (Å²) in [5.74, 6) is 0.316. The van der Waals surface area contributed by atoms with E-state index in [1.807, 2.05) is 32.0 Å². The summed E-state index contributed by atoms with van der Waals surface area (Å²) in [5.41, 5.74) is 6.09. The molecule has 0 saturated carbocycles. The molecule has 0 aromatic heterocycles. The number of hydrogen-bond acceptors (Lipinski definition) is 9. The largest absolute Gasteiger partial charge is 0.491 e. The molecule has 2 aromatic rings. The normalized spacial score (nSPS) is 21.8. The van der Waals surface area contributed by atoms with Crippen LogP contribution >= 0.6 is 0 Å². The third-order valence-corrected chi connectivity index (χ3v) is 9.06. The standard InChI is InChI=1S/C35H40N4O6/c1-21-6-7-32(22(2)14-21)45-20-25(41)18-36-28-4-3-5-31(42)33(28)30-16-24-15-26-27(17-29(24)37-30)35(44)39(34(26)43)19-23-8-10-38(11-9-23)12-13-40/h3-4,6-7,14-15,17,23,25,37,40-41H,5,8-13,16,18-20H2,1-2H3/t25-/m1/s1. The molecular formula is C35H40N4O6. The van der Waals surface area contributed by atoms with Gasteiger partial charge in [-0.3, -0.25) is 24.3 Å². The van der Waals surface area contributed by atoms with Gasteiger partial charge in [0.25, 0.3) is 11.8 Å². The molecule has 2 aromatic carbocycles. The molecule has 2 amide bonds. The molecule has 1 aliphatic carbocycles. The monoisotopic (exact) mass is 612 g/mol. The van der Waals surface area contributed by atoms with Gasteiger partial charge in [0, 0.05) is 37.3 Å². The summed E-state index contributed by atoms with van der Waals surface area (Å²) in [7, 11) is 0. The van der Waals surface area contributed by atoms with E-state index in [1.54, 1.807) is 24.3 Å². The van der Waals surface area contributed by atoms with Crippen molar-refractivity contribution in [2.45, 2.75) is 45.6 Å². The lowest BCUT2D eigenvalue weighted by Crippen LogP contribution is -2.41. The molecule has 10 heteroatoms. The first-order valence-electron chi connectivity index (χ1n) is 15.7. The van der Waals surface area contributed by atoms with Gasteiger partial charge in [0.2, 0.25) is 0 Å². The number of imide groups is 1. The number of aliphatic hydroxyl groups is 2. The van der Waals surface area contributed by atoms with Gasteiger partial charge in [-0.15, -0.1) is 0 Å². The summed E-state index contributed by atoms with van der Waals surface area (Å²) >= 11 is 0. The Labute approximate surface area is 263 Å². The lowest BCUT2D eigenvalue weighted by Gasteiger charge is -2.32. The van der Waals surface area contributed by atoms with Crippen molar-refractivity contribution in [3.8, 4) is 5.75 Å². The Morgan fingerprint density at radius 1 is 1.07 bits per heavy atom. The van der Waals surface area contributed by atoms with E-state index < -0.39 is 6.10 Å². The maximum absolute atomic E-state index is 13.4. The number of amides is 2. The van der Waals surface area contributed by atoms with Crippen molar-refractivity contribution in [2.24, 2.45) is 10.9 Å². The van der Waals surface area contributed by atoms with Gasteiger partial charge in [-0.05, 0) is 81.1 Å². The Bertz CT molecular complexity index is 1570. The van der Waals surface area contributed by atoms with Crippen LogP contribution < -0.4 is 10.1 Å². The van der Waals surface area contributed by atoms with Gasteiger partial charge in [0.15, 0.2) is 5.78 Å². The Morgan fingerprint density at radius 3 is 2.56 bits per heavy atom. The summed E-state index contributed by atoms with van der Waals surface area (Å²) < 4.78 is 5.81. The Balaban J connectivity index is 1.13. The summed E-state index contributed by atoms with van der Waals surface area (Å²) in [6, 6.07) is 9.38. The predicted molar refractivity (Wildman–Crippen MR) is 171 cm³/mol. The number of ketones is 1. The van der Waals surface area contributed by atoms with E-state index in [4.69, 9.17) is 4.74 Å². The Morgan fingerprint density at radius 2 is 1.82 bits per heavy atom. The van der Waals surface area contributed by atoms with E-state index in [9.17, 15) is 24.6 Å². The van der Waals surface area contributed by atoms with Gasteiger partial charge >= 0.3 is 0 Å². The van der Waals surface area contributed by atoms with E-state index in [0.29, 0.717) is 59.1 Å². The quantitative estimate of drug-likeness (QED) is 0.291. The smallest absolute Gasteiger partial charge is 0.261 e. The third kappa shape index (κ3) is 6.49. The number of β-amino-alcohol motifs (C(OH)–C–C–N with tert-alkyl or cyclic N) is 1. The van der Waals surface area contributed by atoms with Gasteiger partial charge in [0.1, 0.15) is 18.5 Å². The van der Waals surface area contributed by atoms with Crippen molar-refractivity contribution in [2.75, 3.05) is 51.3 Å². The van der Waals surface area contributed by atoms with Gasteiger partial charge in [0.05, 0.1) is 35.6 Å². The molecular weight excluding hydrogens is 572 g/mol. The fraction of sp³-hybridized carbons (Fsp3) is 0.429. The highest BCUT2D eigenvalue weighted by molar-refractivity contribution is 6.29. The van der Waals surface area contributed by atoms with Crippen molar-refractivity contribution < 1.29 is 29.3 Å². The minimum absolute atomic E-state index is 0.0647. The summed E-state index contributed by atoms with van der Waals surface area (Å²) in [4.78, 5) is 48.0. The van der Waals surface area contributed by atoms with Crippen molar-refractivity contribution in [1.82, 2.24) is 9.80 Å². The van der Waals surface area contributed by atoms with Crippen LogP contribution in [0.4, 0.5) is 5.69 Å². The topological polar surface area (TPSA) is 132 Å². The minimum Gasteiger partial charge on any atom is -0.491 e. The number of aliphatic imine (C=N–C) groups is 1. The number of Topliss-reactive ketones (excluding diaryl/α,β-unsaturated/α-hetero) is 1. The van der Waals surface area contributed by atoms with E-state index in [2.05, 4.69) is 15.2 Å². The molecule has 1 atom stereocenters. The van der Waals surface area contributed by atoms with Gasteiger partial charge in [-0.2, -0.15) is 0 Å². The molecule has 3 aliphatic heterocycles. The number of piperidine rings is 1. The van der Waals surface area contributed by atoms with Crippen molar-refractivity contribution in [3.05, 3.63) is 81.6 Å². The molecule has 4 aliphatic rings. The number of allylic oxidation sites excluding steroid dienone is 4. The molecule has 3 heterocycles. The summed E-state index contributed by atoms with van der Waals surface area (Å²) in [5, 5.41) is 23.1. The van der Waals surface area contributed by atoms with Crippen molar-refractivity contribution in [3.63, 3.8) is 0 Å². The van der Waals surface area contributed by atoms with Gasteiger partial charge < -0.3 is 25.2 Å². The number of carbonyl (C=O) groups is 3. The fourth-order valence-electron chi connectivity index (χ4n) is 6.61. The minimum atomic E-state index is -0.861. The molecule has 1 saturated heterocycles. The summed E-state index contributed by atoms with van der Waals surface area (Å²) in [6.07, 6.45) is 5.11. The second kappa shape index (κ2) is 13.1. The number of rotatable bonds is 9. The number of aliphatic hydroxyl groups excluding tert-OH is 2. The number of fused-ring (bicyclic) bond motifs is 2. The van der Waals surface area contributed by atoms with E-state index in [0.717, 1.165) is 42.6 Å². The number of likely N-dealkylation sites (tertiary alicyclic amines) is 1. The van der Waals surface area contributed by atoms with Crippen LogP contribution in [-0.2, 0) is 11.2 Å². The number of aryl methyl sites for hydroxylation is 2. The fourth-order valence-corrected chi connectivity index (χ4v) is 6.61. The number of benzene rings is 2. The first kappa shape index (κ1) is 30.9. The van der Waals surface area contributed by atoms with Crippen LogP contribution in [0.2, 0.25) is 0 Å². The highest BCUT2D eigenvalue weighted by atomic mass is 16.5. The Hall–Kier alpha value is -4.12. The van der Waals surface area contributed by atoms with Crippen LogP contribution in [0.1, 0.15) is 56.7 Å². The first-order chi connectivity index (χ1) is 21.7.